The summed E-state index contributed by atoms with van der Waals surface area (Å²) in [7, 11) is 0. The fourth-order valence-electron chi connectivity index (χ4n) is 2.73. The van der Waals surface area contributed by atoms with Gasteiger partial charge in [0.2, 0.25) is 5.91 Å². The quantitative estimate of drug-likeness (QED) is 0.817. The third-order valence-corrected chi connectivity index (χ3v) is 4.03. The van der Waals surface area contributed by atoms with Gasteiger partial charge in [-0.2, -0.15) is 0 Å². The number of anilines is 2. The zero-order valence-corrected chi connectivity index (χ0v) is 14.2. The van der Waals surface area contributed by atoms with Gasteiger partial charge in [-0.3, -0.25) is 9.59 Å². The minimum Gasteiger partial charge on any atom is -0.452 e. The number of hydrogen-bond donors (Lipinski definition) is 1. The molecule has 2 aromatic carbocycles. The Hall–Kier alpha value is -3.29. The van der Waals surface area contributed by atoms with E-state index in [1.54, 1.807) is 17.0 Å². The van der Waals surface area contributed by atoms with Crippen LogP contribution in [-0.4, -0.2) is 30.9 Å². The third kappa shape index (κ3) is 4.28. The highest BCUT2D eigenvalue weighted by atomic mass is 19.1. The molecule has 8 heteroatoms. The van der Waals surface area contributed by atoms with Crippen LogP contribution in [0.25, 0.3) is 0 Å². The molecule has 6 nitrogen and oxygen atoms in total. The zero-order chi connectivity index (χ0) is 19.4. The van der Waals surface area contributed by atoms with Gasteiger partial charge in [0.05, 0.1) is 5.56 Å². The average molecular weight is 374 g/mol. The number of para-hydroxylation sites is 1. The fourth-order valence-corrected chi connectivity index (χ4v) is 2.73. The lowest BCUT2D eigenvalue weighted by molar-refractivity contribution is -0.119. The highest BCUT2D eigenvalue weighted by Gasteiger charge is 2.22. The summed E-state index contributed by atoms with van der Waals surface area (Å²) in [5.74, 6) is -3.55. The van der Waals surface area contributed by atoms with Gasteiger partial charge in [-0.15, -0.1) is 0 Å². The first-order valence-corrected chi connectivity index (χ1v) is 8.27. The van der Waals surface area contributed by atoms with Gasteiger partial charge in [0.25, 0.3) is 5.91 Å². The monoisotopic (exact) mass is 374 g/mol. The number of rotatable bonds is 5. The van der Waals surface area contributed by atoms with E-state index in [0.29, 0.717) is 18.7 Å². The summed E-state index contributed by atoms with van der Waals surface area (Å²) in [6.07, 6.45) is 1.21. The van der Waals surface area contributed by atoms with Crippen LogP contribution >= 0.6 is 0 Å². The van der Waals surface area contributed by atoms with E-state index in [1.165, 1.54) is 18.2 Å². The highest BCUT2D eigenvalue weighted by molar-refractivity contribution is 5.98. The van der Waals surface area contributed by atoms with Crippen molar-refractivity contribution < 1.29 is 27.9 Å². The summed E-state index contributed by atoms with van der Waals surface area (Å²) >= 11 is 0. The second kappa shape index (κ2) is 7.94. The molecule has 1 fully saturated rings. The summed E-state index contributed by atoms with van der Waals surface area (Å²) in [4.78, 5) is 37.3. The van der Waals surface area contributed by atoms with Crippen LogP contribution < -0.4 is 10.2 Å². The zero-order valence-electron chi connectivity index (χ0n) is 14.2. The lowest BCUT2D eigenvalue weighted by Gasteiger charge is -2.16. The summed E-state index contributed by atoms with van der Waals surface area (Å²) in [5, 5.41) is 2.03. The van der Waals surface area contributed by atoms with Crippen LogP contribution in [-0.2, 0) is 14.3 Å². The predicted molar refractivity (Wildman–Crippen MR) is 93.3 cm³/mol. The Bertz CT molecular complexity index is 881. The van der Waals surface area contributed by atoms with E-state index in [0.717, 1.165) is 18.6 Å². The molecule has 3 rings (SSSR count). The van der Waals surface area contributed by atoms with Crippen molar-refractivity contribution in [1.29, 1.82) is 0 Å². The molecule has 0 unspecified atom stereocenters. The SMILES string of the molecule is O=C(COC(=O)c1cccc(N2CCCC2=O)c1)Nc1c(F)cccc1F. The molecule has 27 heavy (non-hydrogen) atoms. The number of benzene rings is 2. The lowest BCUT2D eigenvalue weighted by atomic mass is 10.2. The van der Waals surface area contributed by atoms with Gasteiger partial charge in [0.1, 0.15) is 17.3 Å². The molecule has 1 aliphatic rings. The molecule has 140 valence electrons. The van der Waals surface area contributed by atoms with Gasteiger partial charge < -0.3 is 15.0 Å². The van der Waals surface area contributed by atoms with E-state index in [-0.39, 0.29) is 11.5 Å². The number of ether oxygens (including phenoxy) is 1. The first-order valence-electron chi connectivity index (χ1n) is 8.27. The number of halogens is 2. The second-order valence-corrected chi connectivity index (χ2v) is 5.92. The van der Waals surface area contributed by atoms with E-state index < -0.39 is 35.8 Å². The molecule has 2 amide bonds. The van der Waals surface area contributed by atoms with Gasteiger partial charge >= 0.3 is 5.97 Å². The van der Waals surface area contributed by atoms with E-state index in [1.807, 2.05) is 5.32 Å². The van der Waals surface area contributed by atoms with Gasteiger partial charge in [-0.25, -0.2) is 13.6 Å². The summed E-state index contributed by atoms with van der Waals surface area (Å²) < 4.78 is 31.9. The third-order valence-electron chi connectivity index (χ3n) is 4.03. The maximum atomic E-state index is 13.5. The Balaban J connectivity index is 1.61. The van der Waals surface area contributed by atoms with Crippen LogP contribution in [0.4, 0.5) is 20.2 Å². The van der Waals surface area contributed by atoms with Crippen molar-refractivity contribution in [2.24, 2.45) is 0 Å². The molecular weight excluding hydrogens is 358 g/mol. The Labute approximate surface area is 153 Å². The Morgan fingerprint density at radius 1 is 1.11 bits per heavy atom. The highest BCUT2D eigenvalue weighted by Crippen LogP contribution is 2.22. The van der Waals surface area contributed by atoms with Crippen LogP contribution in [0, 0.1) is 11.6 Å². The Kier molecular flexibility index (Phi) is 5.44. The van der Waals surface area contributed by atoms with Crippen molar-refractivity contribution in [2.75, 3.05) is 23.4 Å². The van der Waals surface area contributed by atoms with Crippen molar-refractivity contribution in [2.45, 2.75) is 12.8 Å². The molecule has 0 radical (unpaired) electrons. The number of nitrogens with zero attached hydrogens (tertiary/aromatic N) is 1. The summed E-state index contributed by atoms with van der Waals surface area (Å²) in [6.45, 7) is -0.132. The molecule has 0 aromatic heterocycles. The average Bonchev–Trinajstić information content (AvgIpc) is 3.09. The van der Waals surface area contributed by atoms with E-state index in [9.17, 15) is 23.2 Å². The second-order valence-electron chi connectivity index (χ2n) is 5.92. The molecule has 1 saturated heterocycles. The van der Waals surface area contributed by atoms with Crippen molar-refractivity contribution in [1.82, 2.24) is 0 Å². The molecule has 0 bridgehead atoms. The van der Waals surface area contributed by atoms with Crippen LogP contribution in [0.5, 0.6) is 0 Å². The number of esters is 1. The summed E-state index contributed by atoms with van der Waals surface area (Å²) in [6, 6.07) is 9.45. The van der Waals surface area contributed by atoms with Crippen LogP contribution in [0.3, 0.4) is 0 Å². The maximum Gasteiger partial charge on any atom is 0.338 e. The molecule has 1 aliphatic heterocycles. The summed E-state index contributed by atoms with van der Waals surface area (Å²) in [5.41, 5.74) is 0.134. The molecule has 1 heterocycles. The van der Waals surface area contributed by atoms with Crippen molar-refractivity contribution in [3.05, 3.63) is 59.7 Å². The lowest BCUT2D eigenvalue weighted by Crippen LogP contribution is -2.24. The van der Waals surface area contributed by atoms with Crippen LogP contribution in [0.1, 0.15) is 23.2 Å². The van der Waals surface area contributed by atoms with Gasteiger partial charge in [0, 0.05) is 18.7 Å². The topological polar surface area (TPSA) is 75.7 Å². The number of amides is 2. The largest absolute Gasteiger partial charge is 0.452 e. The first-order chi connectivity index (χ1) is 13.0. The first kappa shape index (κ1) is 18.5. The fraction of sp³-hybridized carbons (Fsp3) is 0.211. The number of hydrogen-bond acceptors (Lipinski definition) is 4. The predicted octanol–water partition coefficient (Wildman–Crippen LogP) is 2.89. The van der Waals surface area contributed by atoms with Gasteiger partial charge in [0.15, 0.2) is 6.61 Å². The van der Waals surface area contributed by atoms with Crippen LogP contribution in [0.2, 0.25) is 0 Å². The number of carbonyl (C=O) groups is 3. The number of carbonyl (C=O) groups excluding carboxylic acids is 3. The number of nitrogens with one attached hydrogen (secondary N) is 1. The Morgan fingerprint density at radius 3 is 2.48 bits per heavy atom. The molecule has 0 atom stereocenters. The van der Waals surface area contributed by atoms with E-state index >= 15 is 0 Å². The minimum absolute atomic E-state index is 0.0215. The van der Waals surface area contributed by atoms with Crippen molar-refractivity contribution in [3.8, 4) is 0 Å². The van der Waals surface area contributed by atoms with E-state index in [4.69, 9.17) is 4.74 Å². The smallest absolute Gasteiger partial charge is 0.338 e. The molecule has 0 spiro atoms. The van der Waals surface area contributed by atoms with Gasteiger partial charge in [-0.05, 0) is 36.8 Å². The molecule has 2 aromatic rings. The van der Waals surface area contributed by atoms with E-state index in [2.05, 4.69) is 0 Å². The standard InChI is InChI=1S/C19H16F2N2O4/c20-14-6-2-7-15(21)18(14)22-16(24)11-27-19(26)12-4-1-5-13(10-12)23-9-3-8-17(23)25/h1-2,4-7,10H,3,8-9,11H2,(H,22,24). The molecule has 0 saturated carbocycles. The Morgan fingerprint density at radius 2 is 1.81 bits per heavy atom. The van der Waals surface area contributed by atoms with Crippen LogP contribution in [0.15, 0.2) is 42.5 Å². The van der Waals surface area contributed by atoms with Crippen molar-refractivity contribution >= 4 is 29.2 Å². The van der Waals surface area contributed by atoms with Gasteiger partial charge in [-0.1, -0.05) is 12.1 Å². The molecule has 0 aliphatic carbocycles. The normalized spacial score (nSPS) is 13.6. The minimum atomic E-state index is -0.933. The maximum absolute atomic E-state index is 13.5. The molecule has 1 N–H and O–H groups in total. The molecular formula is C19H16F2N2O4. The van der Waals surface area contributed by atoms with Crippen molar-refractivity contribution in [3.63, 3.8) is 0 Å².